The van der Waals surface area contributed by atoms with Crippen LogP contribution in [0.5, 0.6) is 0 Å². The summed E-state index contributed by atoms with van der Waals surface area (Å²) in [5.41, 5.74) is 0.675. The number of nitrogens with one attached hydrogen (secondary N) is 1. The third-order valence-electron chi connectivity index (χ3n) is 2.28. The molecule has 0 unspecified atom stereocenters. The van der Waals surface area contributed by atoms with Crippen molar-refractivity contribution < 1.29 is 9.59 Å². The number of amidine groups is 1. The molecule has 0 aromatic heterocycles. The van der Waals surface area contributed by atoms with Crippen LogP contribution in [-0.4, -0.2) is 23.2 Å². The Morgan fingerprint density at radius 3 is 2.50 bits per heavy atom. The van der Waals surface area contributed by atoms with Crippen LogP contribution in [0.1, 0.15) is 11.5 Å². The summed E-state index contributed by atoms with van der Waals surface area (Å²) in [7, 11) is 0. The fourth-order valence-corrected chi connectivity index (χ4v) is 1.90. The Balaban J connectivity index is 2.34. The molecule has 1 heterocycles. The maximum atomic E-state index is 11.7. The second-order valence-electron chi connectivity index (χ2n) is 3.29. The Bertz CT molecular complexity index is 456. The SMILES string of the molecule is CSC1=NC(=O)[C@H](c2ccccc2)C(=O)N1. The van der Waals surface area contributed by atoms with Crippen LogP contribution in [0, 0.1) is 0 Å². The van der Waals surface area contributed by atoms with Gasteiger partial charge in [0.05, 0.1) is 0 Å². The number of aliphatic imine (C=N–C) groups is 1. The molecule has 0 spiro atoms. The Morgan fingerprint density at radius 2 is 1.94 bits per heavy atom. The predicted molar refractivity (Wildman–Crippen MR) is 63.3 cm³/mol. The monoisotopic (exact) mass is 234 g/mol. The first-order valence-corrected chi connectivity index (χ1v) is 5.97. The van der Waals surface area contributed by atoms with Gasteiger partial charge in [0, 0.05) is 0 Å². The molecule has 16 heavy (non-hydrogen) atoms. The molecule has 1 aromatic rings. The Kier molecular flexibility index (Phi) is 3.05. The quantitative estimate of drug-likeness (QED) is 0.741. The minimum absolute atomic E-state index is 0.310. The van der Waals surface area contributed by atoms with Crippen molar-refractivity contribution in [2.75, 3.05) is 6.26 Å². The van der Waals surface area contributed by atoms with Crippen LogP contribution in [0.4, 0.5) is 0 Å². The number of carbonyl (C=O) groups is 2. The molecule has 0 radical (unpaired) electrons. The van der Waals surface area contributed by atoms with Crippen LogP contribution in [-0.2, 0) is 9.59 Å². The van der Waals surface area contributed by atoms with Gasteiger partial charge in [-0.1, -0.05) is 42.1 Å². The van der Waals surface area contributed by atoms with E-state index in [1.807, 2.05) is 6.07 Å². The zero-order valence-corrected chi connectivity index (χ0v) is 9.45. The van der Waals surface area contributed by atoms with Gasteiger partial charge in [0.1, 0.15) is 5.92 Å². The van der Waals surface area contributed by atoms with Gasteiger partial charge < -0.3 is 5.32 Å². The fraction of sp³-hybridized carbons (Fsp3) is 0.182. The molecule has 1 aromatic carbocycles. The summed E-state index contributed by atoms with van der Waals surface area (Å²) in [5.74, 6) is -1.52. The molecule has 0 bridgehead atoms. The second-order valence-corrected chi connectivity index (χ2v) is 4.09. The Morgan fingerprint density at radius 1 is 1.25 bits per heavy atom. The summed E-state index contributed by atoms with van der Waals surface area (Å²) >= 11 is 1.25. The maximum absolute atomic E-state index is 11.7. The summed E-state index contributed by atoms with van der Waals surface area (Å²) in [6.45, 7) is 0. The highest BCUT2D eigenvalue weighted by molar-refractivity contribution is 8.13. The standard InChI is InChI=1S/C11H10N2O2S/c1-16-11-12-9(14)8(10(15)13-11)7-5-3-2-4-6-7/h2-6,8H,1H3,(H,12,13,14,15). The largest absolute Gasteiger partial charge is 0.304 e. The van der Waals surface area contributed by atoms with E-state index in [0.29, 0.717) is 10.7 Å². The summed E-state index contributed by atoms with van der Waals surface area (Å²) in [6.07, 6.45) is 1.76. The molecule has 82 valence electrons. The summed E-state index contributed by atoms with van der Waals surface area (Å²) in [6, 6.07) is 8.93. The molecule has 0 saturated heterocycles. The molecule has 2 rings (SSSR count). The molecule has 2 amide bonds. The smallest absolute Gasteiger partial charge is 0.265 e. The lowest BCUT2D eigenvalue weighted by atomic mass is 9.97. The minimum Gasteiger partial charge on any atom is -0.304 e. The minimum atomic E-state index is -0.808. The number of hydrogen-bond donors (Lipinski definition) is 1. The van der Waals surface area contributed by atoms with Crippen LogP contribution in [0.15, 0.2) is 35.3 Å². The summed E-state index contributed by atoms with van der Waals surface area (Å²) in [4.78, 5) is 27.3. The van der Waals surface area contributed by atoms with E-state index in [0.717, 1.165) is 0 Å². The van der Waals surface area contributed by atoms with Gasteiger partial charge in [-0.2, -0.15) is 4.99 Å². The van der Waals surface area contributed by atoms with Crippen molar-refractivity contribution in [2.45, 2.75) is 5.92 Å². The summed E-state index contributed by atoms with van der Waals surface area (Å²) in [5, 5.41) is 2.96. The molecular weight excluding hydrogens is 224 g/mol. The highest BCUT2D eigenvalue weighted by Crippen LogP contribution is 2.21. The number of nitrogens with zero attached hydrogens (tertiary/aromatic N) is 1. The molecule has 1 N–H and O–H groups in total. The lowest BCUT2D eigenvalue weighted by Crippen LogP contribution is -2.41. The van der Waals surface area contributed by atoms with E-state index in [9.17, 15) is 9.59 Å². The normalized spacial score (nSPS) is 20.3. The van der Waals surface area contributed by atoms with Gasteiger partial charge in [0.25, 0.3) is 5.91 Å². The van der Waals surface area contributed by atoms with Crippen molar-refractivity contribution in [3.63, 3.8) is 0 Å². The van der Waals surface area contributed by atoms with Gasteiger partial charge in [0.15, 0.2) is 5.17 Å². The highest BCUT2D eigenvalue weighted by atomic mass is 32.2. The van der Waals surface area contributed by atoms with E-state index < -0.39 is 11.8 Å². The van der Waals surface area contributed by atoms with Crippen molar-refractivity contribution in [2.24, 2.45) is 4.99 Å². The van der Waals surface area contributed by atoms with Gasteiger partial charge >= 0.3 is 0 Å². The molecule has 1 aliphatic heterocycles. The first kappa shape index (κ1) is 10.9. The van der Waals surface area contributed by atoms with Crippen LogP contribution in [0.25, 0.3) is 0 Å². The van der Waals surface area contributed by atoms with E-state index in [1.54, 1.807) is 30.5 Å². The van der Waals surface area contributed by atoms with E-state index in [2.05, 4.69) is 10.3 Å². The average Bonchev–Trinajstić information content (AvgIpc) is 2.29. The Hall–Kier alpha value is -1.62. The van der Waals surface area contributed by atoms with Gasteiger partial charge in [-0.3, -0.25) is 9.59 Å². The number of rotatable bonds is 1. The average molecular weight is 234 g/mol. The number of hydrogen-bond acceptors (Lipinski definition) is 3. The van der Waals surface area contributed by atoms with Gasteiger partial charge in [-0.25, -0.2) is 0 Å². The lowest BCUT2D eigenvalue weighted by molar-refractivity contribution is -0.129. The predicted octanol–water partition coefficient (Wildman–Crippen LogP) is 1.15. The van der Waals surface area contributed by atoms with Crippen molar-refractivity contribution in [1.82, 2.24) is 5.32 Å². The molecule has 1 aliphatic rings. The number of carbonyl (C=O) groups excluding carboxylic acids is 2. The first-order valence-electron chi connectivity index (χ1n) is 4.74. The Labute approximate surface area is 97.1 Å². The van der Waals surface area contributed by atoms with Crippen molar-refractivity contribution in [1.29, 1.82) is 0 Å². The van der Waals surface area contributed by atoms with Crippen LogP contribution >= 0.6 is 11.8 Å². The molecule has 0 fully saturated rings. The molecule has 5 heteroatoms. The zero-order chi connectivity index (χ0) is 11.5. The fourth-order valence-electron chi connectivity index (χ4n) is 1.52. The van der Waals surface area contributed by atoms with Crippen LogP contribution in [0.3, 0.4) is 0 Å². The number of thioether (sulfide) groups is 1. The molecule has 0 aliphatic carbocycles. The maximum Gasteiger partial charge on any atom is 0.265 e. The molecule has 4 nitrogen and oxygen atoms in total. The van der Waals surface area contributed by atoms with E-state index in [1.165, 1.54) is 11.8 Å². The van der Waals surface area contributed by atoms with Crippen LogP contribution < -0.4 is 5.32 Å². The molecular formula is C11H10N2O2S. The zero-order valence-electron chi connectivity index (χ0n) is 8.64. The first-order chi connectivity index (χ1) is 7.72. The van der Waals surface area contributed by atoms with Crippen LogP contribution in [0.2, 0.25) is 0 Å². The third-order valence-corrected chi connectivity index (χ3v) is 2.86. The van der Waals surface area contributed by atoms with E-state index in [4.69, 9.17) is 0 Å². The van der Waals surface area contributed by atoms with Crippen molar-refractivity contribution >= 4 is 28.7 Å². The molecule has 1 atom stereocenters. The number of benzene rings is 1. The number of amides is 2. The van der Waals surface area contributed by atoms with Gasteiger partial charge in [0.2, 0.25) is 5.91 Å². The van der Waals surface area contributed by atoms with E-state index >= 15 is 0 Å². The lowest BCUT2D eigenvalue weighted by Gasteiger charge is -2.19. The summed E-state index contributed by atoms with van der Waals surface area (Å²) < 4.78 is 0. The molecule has 0 saturated carbocycles. The van der Waals surface area contributed by atoms with Crippen molar-refractivity contribution in [3.05, 3.63) is 35.9 Å². The third kappa shape index (κ3) is 1.99. The van der Waals surface area contributed by atoms with Gasteiger partial charge in [-0.15, -0.1) is 0 Å². The highest BCUT2D eigenvalue weighted by Gasteiger charge is 2.32. The van der Waals surface area contributed by atoms with Crippen molar-refractivity contribution in [3.8, 4) is 0 Å². The van der Waals surface area contributed by atoms with Gasteiger partial charge in [-0.05, 0) is 11.8 Å². The second kappa shape index (κ2) is 4.49. The topological polar surface area (TPSA) is 58.5 Å². The van der Waals surface area contributed by atoms with E-state index in [-0.39, 0.29) is 5.91 Å².